The van der Waals surface area contributed by atoms with Gasteiger partial charge in [-0.25, -0.2) is 4.98 Å². The van der Waals surface area contributed by atoms with Crippen molar-refractivity contribution < 1.29 is 9.53 Å². The molecule has 5 heteroatoms. The highest BCUT2D eigenvalue weighted by Gasteiger charge is 2.22. The molecule has 1 heterocycles. The van der Waals surface area contributed by atoms with Crippen molar-refractivity contribution >= 4 is 5.91 Å². The molecule has 0 unspecified atom stereocenters. The van der Waals surface area contributed by atoms with E-state index in [1.807, 2.05) is 20.2 Å². The minimum absolute atomic E-state index is 0.329. The summed E-state index contributed by atoms with van der Waals surface area (Å²) in [6, 6.07) is 3.49. The molecular weight excluding hydrogens is 266 g/mol. The lowest BCUT2D eigenvalue weighted by molar-refractivity contribution is 0.0995. The highest BCUT2D eigenvalue weighted by Crippen LogP contribution is 2.36. The van der Waals surface area contributed by atoms with Crippen molar-refractivity contribution in [1.82, 2.24) is 9.88 Å². The Morgan fingerprint density at radius 1 is 1.33 bits per heavy atom. The third-order valence-corrected chi connectivity index (χ3v) is 3.93. The maximum atomic E-state index is 11.4. The van der Waals surface area contributed by atoms with Crippen molar-refractivity contribution in [3.63, 3.8) is 0 Å². The molecule has 0 aliphatic heterocycles. The number of carbonyl (C=O) groups is 1. The number of nitrogens with two attached hydrogens (primary N) is 1. The van der Waals surface area contributed by atoms with Crippen molar-refractivity contribution in [3.8, 4) is 5.75 Å². The first kappa shape index (κ1) is 15.8. The van der Waals surface area contributed by atoms with Gasteiger partial charge in [-0.2, -0.15) is 0 Å². The number of ether oxygens (including phenoxy) is 1. The van der Waals surface area contributed by atoms with E-state index in [2.05, 4.69) is 9.88 Å². The van der Waals surface area contributed by atoms with Crippen LogP contribution in [0.4, 0.5) is 0 Å². The number of carbonyl (C=O) groups excluding carboxylic acids is 1. The van der Waals surface area contributed by atoms with Gasteiger partial charge in [-0.15, -0.1) is 0 Å². The van der Waals surface area contributed by atoms with Gasteiger partial charge >= 0.3 is 0 Å². The highest BCUT2D eigenvalue weighted by atomic mass is 16.5. The molecule has 1 amide bonds. The first-order valence-electron chi connectivity index (χ1n) is 7.66. The third kappa shape index (κ3) is 4.43. The Bertz CT molecular complexity index is 482. The highest BCUT2D eigenvalue weighted by molar-refractivity contribution is 5.90. The van der Waals surface area contributed by atoms with Crippen LogP contribution in [-0.4, -0.2) is 43.0 Å². The molecule has 0 radical (unpaired) electrons. The van der Waals surface area contributed by atoms with Gasteiger partial charge in [-0.05, 0) is 39.1 Å². The van der Waals surface area contributed by atoms with Crippen LogP contribution >= 0.6 is 0 Å². The Morgan fingerprint density at radius 2 is 2.05 bits per heavy atom. The van der Waals surface area contributed by atoms with Crippen LogP contribution in [0.2, 0.25) is 0 Å². The van der Waals surface area contributed by atoms with E-state index < -0.39 is 5.91 Å². The van der Waals surface area contributed by atoms with Crippen molar-refractivity contribution in [1.29, 1.82) is 0 Å². The summed E-state index contributed by atoms with van der Waals surface area (Å²) in [5.41, 5.74) is 6.59. The van der Waals surface area contributed by atoms with Crippen molar-refractivity contribution in [2.75, 3.05) is 27.2 Å². The molecule has 116 valence electrons. The molecule has 0 bridgehead atoms. The Labute approximate surface area is 126 Å². The predicted molar refractivity (Wildman–Crippen MR) is 82.6 cm³/mol. The van der Waals surface area contributed by atoms with Gasteiger partial charge in [0.15, 0.2) is 0 Å². The molecule has 2 rings (SSSR count). The van der Waals surface area contributed by atoms with Gasteiger partial charge in [0.2, 0.25) is 0 Å². The summed E-state index contributed by atoms with van der Waals surface area (Å²) in [5, 5.41) is 0. The van der Waals surface area contributed by atoms with Crippen LogP contribution in [0.5, 0.6) is 5.75 Å². The summed E-state index contributed by atoms with van der Waals surface area (Å²) < 4.78 is 5.88. The Hall–Kier alpha value is -1.62. The largest absolute Gasteiger partial charge is 0.490 e. The van der Waals surface area contributed by atoms with Gasteiger partial charge in [0.1, 0.15) is 18.1 Å². The number of hydrogen-bond acceptors (Lipinski definition) is 4. The van der Waals surface area contributed by atoms with Crippen molar-refractivity contribution in [3.05, 3.63) is 23.5 Å². The first-order valence-corrected chi connectivity index (χ1v) is 7.66. The molecule has 21 heavy (non-hydrogen) atoms. The molecular formula is C16H25N3O2. The van der Waals surface area contributed by atoms with E-state index in [0.29, 0.717) is 18.2 Å². The quantitative estimate of drug-likeness (QED) is 0.872. The number of likely N-dealkylation sites (N-methyl/N-ethyl adjacent to an activating group) is 1. The summed E-state index contributed by atoms with van der Waals surface area (Å²) in [5.74, 6) is 0.702. The second kappa shape index (κ2) is 7.41. The maximum Gasteiger partial charge on any atom is 0.267 e. The second-order valence-electron chi connectivity index (χ2n) is 5.93. The van der Waals surface area contributed by atoms with E-state index in [4.69, 9.17) is 10.5 Å². The molecule has 2 N–H and O–H groups in total. The number of nitrogens with zero attached hydrogens (tertiary/aromatic N) is 2. The minimum atomic E-state index is -0.480. The SMILES string of the molecule is CN(C)CCOc1ccc(C(N)=O)nc1C1CCCCC1. The van der Waals surface area contributed by atoms with Crippen molar-refractivity contribution in [2.24, 2.45) is 5.73 Å². The molecule has 1 aliphatic carbocycles. The normalized spacial score (nSPS) is 16.1. The maximum absolute atomic E-state index is 11.4. The molecule has 1 aromatic rings. The zero-order valence-corrected chi connectivity index (χ0v) is 13.0. The number of hydrogen-bond donors (Lipinski definition) is 1. The third-order valence-electron chi connectivity index (χ3n) is 3.93. The monoisotopic (exact) mass is 291 g/mol. The van der Waals surface area contributed by atoms with Gasteiger partial charge in [-0.3, -0.25) is 4.79 Å². The van der Waals surface area contributed by atoms with Crippen LogP contribution in [0.25, 0.3) is 0 Å². The summed E-state index contributed by atoms with van der Waals surface area (Å²) >= 11 is 0. The van der Waals surface area contributed by atoms with E-state index in [9.17, 15) is 4.79 Å². The average Bonchev–Trinajstić information content (AvgIpc) is 2.48. The molecule has 0 atom stereocenters. The van der Waals surface area contributed by atoms with Crippen LogP contribution in [0.1, 0.15) is 54.2 Å². The predicted octanol–water partition coefficient (Wildman–Crippen LogP) is 2.17. The number of primary amides is 1. The van der Waals surface area contributed by atoms with Crippen LogP contribution < -0.4 is 10.5 Å². The van der Waals surface area contributed by atoms with Crippen LogP contribution in [-0.2, 0) is 0 Å². The van der Waals surface area contributed by atoms with Crippen LogP contribution in [0, 0.1) is 0 Å². The lowest BCUT2D eigenvalue weighted by Gasteiger charge is -2.23. The second-order valence-corrected chi connectivity index (χ2v) is 5.93. The van der Waals surface area contributed by atoms with E-state index in [1.54, 1.807) is 6.07 Å². The smallest absolute Gasteiger partial charge is 0.267 e. The Morgan fingerprint density at radius 3 is 2.67 bits per heavy atom. The van der Waals surface area contributed by atoms with E-state index >= 15 is 0 Å². The van der Waals surface area contributed by atoms with E-state index in [0.717, 1.165) is 30.8 Å². The first-order chi connectivity index (χ1) is 10.1. The topological polar surface area (TPSA) is 68.5 Å². The Balaban J connectivity index is 2.18. The molecule has 0 aromatic carbocycles. The van der Waals surface area contributed by atoms with Gasteiger partial charge in [0.05, 0.1) is 5.69 Å². The lowest BCUT2D eigenvalue weighted by atomic mass is 9.86. The van der Waals surface area contributed by atoms with E-state index in [-0.39, 0.29) is 0 Å². The number of rotatable bonds is 6. The molecule has 1 saturated carbocycles. The summed E-state index contributed by atoms with van der Waals surface area (Å²) in [4.78, 5) is 17.9. The number of pyridine rings is 1. The molecule has 1 aromatic heterocycles. The van der Waals surface area contributed by atoms with Gasteiger partial charge < -0.3 is 15.4 Å². The molecule has 1 fully saturated rings. The molecule has 1 aliphatic rings. The fourth-order valence-corrected chi connectivity index (χ4v) is 2.73. The fourth-order valence-electron chi connectivity index (χ4n) is 2.73. The van der Waals surface area contributed by atoms with E-state index in [1.165, 1.54) is 19.3 Å². The Kier molecular flexibility index (Phi) is 5.56. The summed E-state index contributed by atoms with van der Waals surface area (Å²) in [6.45, 7) is 1.46. The summed E-state index contributed by atoms with van der Waals surface area (Å²) in [6.07, 6.45) is 5.93. The average molecular weight is 291 g/mol. The van der Waals surface area contributed by atoms with Gasteiger partial charge in [-0.1, -0.05) is 19.3 Å². The lowest BCUT2D eigenvalue weighted by Crippen LogP contribution is -2.21. The van der Waals surface area contributed by atoms with Gasteiger partial charge in [0.25, 0.3) is 5.91 Å². The molecule has 0 spiro atoms. The minimum Gasteiger partial charge on any atom is -0.490 e. The molecule has 5 nitrogen and oxygen atoms in total. The zero-order chi connectivity index (χ0) is 15.2. The summed E-state index contributed by atoms with van der Waals surface area (Å²) in [7, 11) is 4.03. The zero-order valence-electron chi connectivity index (χ0n) is 13.0. The number of amides is 1. The molecule has 0 saturated heterocycles. The van der Waals surface area contributed by atoms with Gasteiger partial charge in [0, 0.05) is 12.5 Å². The van der Waals surface area contributed by atoms with Crippen LogP contribution in [0.3, 0.4) is 0 Å². The van der Waals surface area contributed by atoms with Crippen LogP contribution in [0.15, 0.2) is 12.1 Å². The fraction of sp³-hybridized carbons (Fsp3) is 0.625. The standard InChI is InChI=1S/C16H25N3O2/c1-19(2)10-11-21-14-9-8-13(16(17)20)18-15(14)12-6-4-3-5-7-12/h8-9,12H,3-7,10-11H2,1-2H3,(H2,17,20). The van der Waals surface area contributed by atoms with Crippen molar-refractivity contribution in [2.45, 2.75) is 38.0 Å². The number of aromatic nitrogens is 1.